The van der Waals surface area contributed by atoms with E-state index in [9.17, 15) is 13.2 Å². The summed E-state index contributed by atoms with van der Waals surface area (Å²) in [4.78, 5) is 11.1. The fourth-order valence-electron chi connectivity index (χ4n) is 2.46. The van der Waals surface area contributed by atoms with E-state index in [1.165, 1.54) is 22.5 Å². The van der Waals surface area contributed by atoms with Crippen LogP contribution in [0.2, 0.25) is 0 Å². The highest BCUT2D eigenvalue weighted by molar-refractivity contribution is 7.89. The molecule has 8 heteroatoms. The summed E-state index contributed by atoms with van der Waals surface area (Å²) in [6, 6.07) is 3.99. The van der Waals surface area contributed by atoms with Crippen molar-refractivity contribution in [3.63, 3.8) is 0 Å². The first-order valence-electron chi connectivity index (χ1n) is 6.54. The van der Waals surface area contributed by atoms with Crippen molar-refractivity contribution in [1.82, 2.24) is 4.31 Å². The largest absolute Gasteiger partial charge is 0.398 e. The van der Waals surface area contributed by atoms with E-state index in [4.69, 9.17) is 16.2 Å². The highest BCUT2D eigenvalue weighted by Gasteiger charge is 2.33. The van der Waals surface area contributed by atoms with Gasteiger partial charge < -0.3 is 16.2 Å². The van der Waals surface area contributed by atoms with Crippen molar-refractivity contribution in [2.45, 2.75) is 11.3 Å². The maximum absolute atomic E-state index is 12.6. The summed E-state index contributed by atoms with van der Waals surface area (Å²) in [6.45, 7) is 1.38. The second kappa shape index (κ2) is 6.00. The monoisotopic (exact) mass is 313 g/mol. The number of nitrogens with two attached hydrogens (primary N) is 2. The topological polar surface area (TPSA) is 116 Å². The Morgan fingerprint density at radius 1 is 1.48 bits per heavy atom. The fourth-order valence-corrected chi connectivity index (χ4v) is 4.09. The minimum absolute atomic E-state index is 0.00515. The third kappa shape index (κ3) is 3.17. The van der Waals surface area contributed by atoms with Gasteiger partial charge in [-0.1, -0.05) is 0 Å². The second-order valence-corrected chi connectivity index (χ2v) is 7.00. The fraction of sp³-hybridized carbons (Fsp3) is 0.462. The molecule has 0 aromatic heterocycles. The number of methoxy groups -OCH3 is 1. The quantitative estimate of drug-likeness (QED) is 0.744. The average Bonchev–Trinajstić information content (AvgIpc) is 2.88. The molecule has 2 rings (SSSR count). The Morgan fingerprint density at radius 3 is 2.76 bits per heavy atom. The summed E-state index contributed by atoms with van der Waals surface area (Å²) < 4.78 is 31.6. The van der Waals surface area contributed by atoms with Crippen molar-refractivity contribution < 1.29 is 17.9 Å². The molecule has 0 spiro atoms. The van der Waals surface area contributed by atoms with Crippen molar-refractivity contribution in [2.75, 3.05) is 32.5 Å². The summed E-state index contributed by atoms with van der Waals surface area (Å²) in [6.07, 6.45) is 0.756. The van der Waals surface area contributed by atoms with E-state index in [1.54, 1.807) is 7.11 Å². The Labute approximate surface area is 123 Å². The Morgan fingerprint density at radius 2 is 2.19 bits per heavy atom. The van der Waals surface area contributed by atoms with Gasteiger partial charge in [0.05, 0.1) is 12.3 Å². The normalized spacial score (nSPS) is 19.8. The van der Waals surface area contributed by atoms with E-state index in [1.807, 2.05) is 0 Å². The summed E-state index contributed by atoms with van der Waals surface area (Å²) >= 11 is 0. The zero-order chi connectivity index (χ0) is 15.6. The maximum Gasteiger partial charge on any atom is 0.248 e. The SMILES string of the molecule is COCC1CCN(S(=O)(=O)c2ccc(C(N)=O)cc2N)C1. The molecule has 1 fully saturated rings. The van der Waals surface area contributed by atoms with Crippen LogP contribution < -0.4 is 11.5 Å². The number of carbonyl (C=O) groups is 1. The van der Waals surface area contributed by atoms with Gasteiger partial charge in [-0.3, -0.25) is 4.79 Å². The summed E-state index contributed by atoms with van der Waals surface area (Å²) in [5.41, 5.74) is 11.1. The maximum atomic E-state index is 12.6. The number of benzene rings is 1. The zero-order valence-electron chi connectivity index (χ0n) is 11.8. The molecule has 0 bridgehead atoms. The molecule has 1 heterocycles. The lowest BCUT2D eigenvalue weighted by Gasteiger charge is -2.18. The summed E-state index contributed by atoms with van der Waals surface area (Å²) in [5.74, 6) is -0.456. The predicted octanol–water partition coefficient (Wildman–Crippen LogP) is 0.0247. The van der Waals surface area contributed by atoms with E-state index in [-0.39, 0.29) is 22.1 Å². The molecule has 1 atom stereocenters. The molecule has 1 saturated heterocycles. The smallest absolute Gasteiger partial charge is 0.248 e. The Kier molecular flexibility index (Phi) is 4.50. The van der Waals surface area contributed by atoms with Crippen LogP contribution in [-0.4, -0.2) is 45.4 Å². The van der Waals surface area contributed by atoms with Crippen LogP contribution in [-0.2, 0) is 14.8 Å². The molecule has 1 aliphatic heterocycles. The van der Waals surface area contributed by atoms with Crippen LogP contribution in [0.15, 0.2) is 23.1 Å². The lowest BCUT2D eigenvalue weighted by atomic mass is 10.1. The summed E-state index contributed by atoms with van der Waals surface area (Å²) in [5, 5.41) is 0. The van der Waals surface area contributed by atoms with Gasteiger partial charge in [0.1, 0.15) is 4.90 Å². The van der Waals surface area contributed by atoms with Crippen LogP contribution >= 0.6 is 0 Å². The van der Waals surface area contributed by atoms with Crippen LogP contribution in [0, 0.1) is 5.92 Å². The summed E-state index contributed by atoms with van der Waals surface area (Å²) in [7, 11) is -2.07. The third-order valence-electron chi connectivity index (χ3n) is 3.56. The Hall–Kier alpha value is -1.64. The molecular weight excluding hydrogens is 294 g/mol. The minimum Gasteiger partial charge on any atom is -0.398 e. The standard InChI is InChI=1S/C13H19N3O4S/c1-20-8-9-4-5-16(7-9)21(18,19)12-3-2-10(13(15)17)6-11(12)14/h2-3,6,9H,4-5,7-8,14H2,1H3,(H2,15,17). The molecular formula is C13H19N3O4S. The molecule has 0 aliphatic carbocycles. The molecule has 1 aromatic rings. The Balaban J connectivity index is 2.26. The van der Waals surface area contributed by atoms with Gasteiger partial charge in [-0.05, 0) is 30.5 Å². The highest BCUT2D eigenvalue weighted by Crippen LogP contribution is 2.28. The third-order valence-corrected chi connectivity index (χ3v) is 5.50. The van der Waals surface area contributed by atoms with E-state index in [0.29, 0.717) is 19.7 Å². The molecule has 1 aliphatic rings. The minimum atomic E-state index is -3.66. The van der Waals surface area contributed by atoms with Crippen molar-refractivity contribution in [2.24, 2.45) is 11.7 Å². The molecule has 116 valence electrons. The van der Waals surface area contributed by atoms with Crippen LogP contribution in [0.5, 0.6) is 0 Å². The molecule has 4 N–H and O–H groups in total. The van der Waals surface area contributed by atoms with Gasteiger partial charge in [-0.2, -0.15) is 4.31 Å². The lowest BCUT2D eigenvalue weighted by Crippen LogP contribution is -2.30. The van der Waals surface area contributed by atoms with Gasteiger partial charge in [-0.25, -0.2) is 8.42 Å². The molecule has 1 aromatic carbocycles. The first-order chi connectivity index (χ1) is 9.86. The van der Waals surface area contributed by atoms with Crippen LogP contribution in [0.3, 0.4) is 0 Å². The number of hydrogen-bond donors (Lipinski definition) is 2. The van der Waals surface area contributed by atoms with E-state index in [0.717, 1.165) is 6.42 Å². The molecule has 0 radical (unpaired) electrons. The lowest BCUT2D eigenvalue weighted by molar-refractivity contribution is 0.1000. The number of rotatable bonds is 5. The first-order valence-corrected chi connectivity index (χ1v) is 7.98. The Bertz CT molecular complexity index is 645. The number of sulfonamides is 1. The van der Waals surface area contributed by atoms with Gasteiger partial charge in [0.25, 0.3) is 0 Å². The van der Waals surface area contributed by atoms with Crippen molar-refractivity contribution >= 4 is 21.6 Å². The number of carbonyl (C=O) groups excluding carboxylic acids is 1. The molecule has 1 unspecified atom stereocenters. The molecule has 7 nitrogen and oxygen atoms in total. The molecule has 1 amide bonds. The number of nitrogen functional groups attached to an aromatic ring is 1. The van der Waals surface area contributed by atoms with Crippen molar-refractivity contribution in [3.8, 4) is 0 Å². The van der Waals surface area contributed by atoms with Crippen molar-refractivity contribution in [1.29, 1.82) is 0 Å². The van der Waals surface area contributed by atoms with Crippen LogP contribution in [0.25, 0.3) is 0 Å². The van der Waals surface area contributed by atoms with Gasteiger partial charge in [-0.15, -0.1) is 0 Å². The number of anilines is 1. The van der Waals surface area contributed by atoms with Gasteiger partial charge in [0.2, 0.25) is 15.9 Å². The second-order valence-electron chi connectivity index (χ2n) is 5.09. The van der Waals surface area contributed by atoms with Crippen LogP contribution in [0.4, 0.5) is 5.69 Å². The van der Waals surface area contributed by atoms with E-state index in [2.05, 4.69) is 0 Å². The van der Waals surface area contributed by atoms with Gasteiger partial charge in [0, 0.05) is 25.8 Å². The van der Waals surface area contributed by atoms with Crippen molar-refractivity contribution in [3.05, 3.63) is 23.8 Å². The first kappa shape index (κ1) is 15.7. The van der Waals surface area contributed by atoms with Gasteiger partial charge in [0.15, 0.2) is 0 Å². The van der Waals surface area contributed by atoms with Gasteiger partial charge >= 0.3 is 0 Å². The number of nitrogens with zero attached hydrogens (tertiary/aromatic N) is 1. The number of hydrogen-bond acceptors (Lipinski definition) is 5. The zero-order valence-corrected chi connectivity index (χ0v) is 12.6. The average molecular weight is 313 g/mol. The number of amides is 1. The predicted molar refractivity (Wildman–Crippen MR) is 78.1 cm³/mol. The van der Waals surface area contributed by atoms with E-state index >= 15 is 0 Å². The molecule has 0 saturated carbocycles. The van der Waals surface area contributed by atoms with Crippen LogP contribution in [0.1, 0.15) is 16.8 Å². The molecule has 21 heavy (non-hydrogen) atoms. The number of primary amides is 1. The highest BCUT2D eigenvalue weighted by atomic mass is 32.2. The van der Waals surface area contributed by atoms with E-state index < -0.39 is 15.9 Å². The number of ether oxygens (including phenoxy) is 1.